The van der Waals surface area contributed by atoms with E-state index in [4.69, 9.17) is 0 Å². The fourth-order valence-corrected chi connectivity index (χ4v) is 2.57. The molecule has 0 bridgehead atoms. The lowest BCUT2D eigenvalue weighted by Gasteiger charge is -2.24. The van der Waals surface area contributed by atoms with Crippen molar-refractivity contribution in [1.29, 1.82) is 0 Å². The normalized spacial score (nSPS) is 34.9. The third kappa shape index (κ3) is 2.94. The van der Waals surface area contributed by atoms with Crippen LogP contribution in [-0.2, 0) is 0 Å². The van der Waals surface area contributed by atoms with Crippen molar-refractivity contribution in [3.8, 4) is 0 Å². The molecular formula is C11H22N2O. The Labute approximate surface area is 86.3 Å². The quantitative estimate of drug-likeness (QED) is 0.623. The van der Waals surface area contributed by atoms with Gasteiger partial charge in [0.05, 0.1) is 6.10 Å². The van der Waals surface area contributed by atoms with Crippen molar-refractivity contribution in [2.24, 2.45) is 0 Å². The maximum Gasteiger partial charge on any atom is 0.0680 e. The van der Waals surface area contributed by atoms with Crippen molar-refractivity contribution in [1.82, 2.24) is 10.6 Å². The van der Waals surface area contributed by atoms with Gasteiger partial charge in [0.25, 0.3) is 0 Å². The largest absolute Gasteiger partial charge is 0.392 e. The molecule has 1 aliphatic carbocycles. The summed E-state index contributed by atoms with van der Waals surface area (Å²) in [6, 6.07) is 1.23. The number of nitrogens with one attached hydrogen (secondary N) is 2. The molecule has 82 valence electrons. The van der Waals surface area contributed by atoms with E-state index < -0.39 is 0 Å². The van der Waals surface area contributed by atoms with Crippen molar-refractivity contribution in [3.05, 3.63) is 0 Å². The Morgan fingerprint density at radius 2 is 2.00 bits per heavy atom. The number of β-amino-alcohol motifs (C(OH)–C–C–N with tert-alkyl or cyclic N) is 1. The van der Waals surface area contributed by atoms with Gasteiger partial charge in [-0.05, 0) is 19.3 Å². The van der Waals surface area contributed by atoms with Crippen LogP contribution in [0.5, 0.6) is 0 Å². The summed E-state index contributed by atoms with van der Waals surface area (Å²) in [5.41, 5.74) is 0. The summed E-state index contributed by atoms with van der Waals surface area (Å²) in [4.78, 5) is 0. The smallest absolute Gasteiger partial charge is 0.0680 e. The number of aliphatic hydroxyl groups excluding tert-OH is 1. The Hall–Kier alpha value is -0.120. The van der Waals surface area contributed by atoms with Gasteiger partial charge in [-0.15, -0.1) is 0 Å². The second kappa shape index (κ2) is 5.10. The molecule has 14 heavy (non-hydrogen) atoms. The highest BCUT2D eigenvalue weighted by Crippen LogP contribution is 2.17. The topological polar surface area (TPSA) is 44.3 Å². The van der Waals surface area contributed by atoms with Crippen LogP contribution in [-0.4, -0.2) is 36.4 Å². The van der Waals surface area contributed by atoms with Crippen LogP contribution in [0, 0.1) is 0 Å². The van der Waals surface area contributed by atoms with Gasteiger partial charge in [-0.1, -0.05) is 19.3 Å². The molecular weight excluding hydrogens is 176 g/mol. The van der Waals surface area contributed by atoms with Crippen molar-refractivity contribution in [3.63, 3.8) is 0 Å². The third-order valence-electron chi connectivity index (χ3n) is 3.46. The van der Waals surface area contributed by atoms with Gasteiger partial charge in [-0.3, -0.25) is 0 Å². The van der Waals surface area contributed by atoms with E-state index in [1.165, 1.54) is 32.1 Å². The second-order valence-electron chi connectivity index (χ2n) is 4.74. The second-order valence-corrected chi connectivity index (χ2v) is 4.74. The lowest BCUT2D eigenvalue weighted by atomic mass is 9.95. The molecule has 1 saturated heterocycles. The van der Waals surface area contributed by atoms with Crippen molar-refractivity contribution < 1.29 is 5.11 Å². The highest BCUT2D eigenvalue weighted by atomic mass is 16.3. The molecule has 1 aliphatic heterocycles. The standard InChI is InChI=1S/C11H22N2O/c14-11-6-10(13-8-11)7-12-9-4-2-1-3-5-9/h9-14H,1-8H2. The number of hydrogen-bond donors (Lipinski definition) is 3. The average Bonchev–Trinajstić information content (AvgIpc) is 2.63. The van der Waals surface area contributed by atoms with Crippen LogP contribution in [0.3, 0.4) is 0 Å². The molecule has 2 atom stereocenters. The molecule has 2 rings (SSSR count). The summed E-state index contributed by atoms with van der Waals surface area (Å²) in [5.74, 6) is 0. The van der Waals surface area contributed by atoms with Gasteiger partial charge in [0.15, 0.2) is 0 Å². The first-order valence-electron chi connectivity index (χ1n) is 5.99. The molecule has 2 fully saturated rings. The highest BCUT2D eigenvalue weighted by Gasteiger charge is 2.22. The van der Waals surface area contributed by atoms with Gasteiger partial charge in [-0.25, -0.2) is 0 Å². The van der Waals surface area contributed by atoms with E-state index in [1.807, 2.05) is 0 Å². The Balaban J connectivity index is 1.61. The van der Waals surface area contributed by atoms with Gasteiger partial charge in [0.2, 0.25) is 0 Å². The van der Waals surface area contributed by atoms with E-state index in [1.54, 1.807) is 0 Å². The minimum absolute atomic E-state index is 0.117. The average molecular weight is 198 g/mol. The molecule has 0 spiro atoms. The van der Waals surface area contributed by atoms with Gasteiger partial charge < -0.3 is 15.7 Å². The van der Waals surface area contributed by atoms with Crippen LogP contribution >= 0.6 is 0 Å². The van der Waals surface area contributed by atoms with E-state index in [0.717, 1.165) is 25.6 Å². The zero-order valence-corrected chi connectivity index (χ0v) is 8.84. The zero-order valence-electron chi connectivity index (χ0n) is 8.84. The molecule has 1 heterocycles. The van der Waals surface area contributed by atoms with Gasteiger partial charge >= 0.3 is 0 Å². The van der Waals surface area contributed by atoms with Crippen LogP contribution < -0.4 is 10.6 Å². The summed E-state index contributed by atoms with van der Waals surface area (Å²) in [7, 11) is 0. The van der Waals surface area contributed by atoms with E-state index in [0.29, 0.717) is 6.04 Å². The van der Waals surface area contributed by atoms with E-state index in [2.05, 4.69) is 10.6 Å². The van der Waals surface area contributed by atoms with Crippen molar-refractivity contribution in [2.45, 2.75) is 56.7 Å². The van der Waals surface area contributed by atoms with Crippen LogP contribution in [0.15, 0.2) is 0 Å². The van der Waals surface area contributed by atoms with Crippen LogP contribution in [0.25, 0.3) is 0 Å². The first-order chi connectivity index (χ1) is 6.84. The molecule has 0 aromatic rings. The SMILES string of the molecule is OC1CNC(CNC2CCCCC2)C1. The monoisotopic (exact) mass is 198 g/mol. The molecule has 3 nitrogen and oxygen atoms in total. The minimum atomic E-state index is -0.117. The fraction of sp³-hybridized carbons (Fsp3) is 1.00. The van der Waals surface area contributed by atoms with Gasteiger partial charge in [0, 0.05) is 25.2 Å². The molecule has 3 heteroatoms. The first kappa shape index (κ1) is 10.4. The predicted molar refractivity (Wildman–Crippen MR) is 57.3 cm³/mol. The molecule has 0 aromatic carbocycles. The maximum absolute atomic E-state index is 9.35. The molecule has 1 saturated carbocycles. The molecule has 0 aromatic heterocycles. The minimum Gasteiger partial charge on any atom is -0.392 e. The van der Waals surface area contributed by atoms with Crippen molar-refractivity contribution >= 4 is 0 Å². The van der Waals surface area contributed by atoms with Crippen LogP contribution in [0.2, 0.25) is 0 Å². The molecule has 3 N–H and O–H groups in total. The summed E-state index contributed by atoms with van der Waals surface area (Å²) in [6.07, 6.45) is 7.67. The summed E-state index contributed by atoms with van der Waals surface area (Å²) < 4.78 is 0. The summed E-state index contributed by atoms with van der Waals surface area (Å²) in [5, 5.41) is 16.3. The van der Waals surface area contributed by atoms with Crippen LogP contribution in [0.1, 0.15) is 38.5 Å². The Bertz CT molecular complexity index is 164. The summed E-state index contributed by atoms with van der Waals surface area (Å²) >= 11 is 0. The predicted octanol–water partition coefficient (Wildman–Crippen LogP) is 0.631. The van der Waals surface area contributed by atoms with Crippen LogP contribution in [0.4, 0.5) is 0 Å². The fourth-order valence-electron chi connectivity index (χ4n) is 2.57. The molecule has 0 radical (unpaired) electrons. The summed E-state index contributed by atoms with van der Waals surface area (Å²) in [6.45, 7) is 1.80. The van der Waals surface area contributed by atoms with E-state index in [9.17, 15) is 5.11 Å². The Morgan fingerprint density at radius 1 is 1.21 bits per heavy atom. The van der Waals surface area contributed by atoms with Crippen molar-refractivity contribution in [2.75, 3.05) is 13.1 Å². The number of aliphatic hydroxyl groups is 1. The Morgan fingerprint density at radius 3 is 2.64 bits per heavy atom. The molecule has 0 amide bonds. The highest BCUT2D eigenvalue weighted by molar-refractivity contribution is 4.84. The lowest BCUT2D eigenvalue weighted by Crippen LogP contribution is -2.40. The Kier molecular flexibility index (Phi) is 3.79. The third-order valence-corrected chi connectivity index (χ3v) is 3.46. The van der Waals surface area contributed by atoms with Gasteiger partial charge in [0.1, 0.15) is 0 Å². The van der Waals surface area contributed by atoms with E-state index >= 15 is 0 Å². The number of rotatable bonds is 3. The molecule has 2 aliphatic rings. The van der Waals surface area contributed by atoms with E-state index in [-0.39, 0.29) is 6.10 Å². The van der Waals surface area contributed by atoms with Gasteiger partial charge in [-0.2, -0.15) is 0 Å². The zero-order chi connectivity index (χ0) is 9.80. The molecule has 2 unspecified atom stereocenters. The first-order valence-corrected chi connectivity index (χ1v) is 5.99. The number of hydrogen-bond acceptors (Lipinski definition) is 3. The lowest BCUT2D eigenvalue weighted by molar-refractivity contribution is 0.192. The maximum atomic E-state index is 9.35.